The topological polar surface area (TPSA) is 26.7 Å². The highest BCUT2D eigenvalue weighted by Gasteiger charge is 2.12. The fourth-order valence-corrected chi connectivity index (χ4v) is 3.91. The van der Waals surface area contributed by atoms with E-state index in [1.165, 1.54) is 11.1 Å². The number of hydrogen-bond acceptors (Lipinski definition) is 3. The first-order valence-corrected chi connectivity index (χ1v) is 11.0. The number of aliphatic hydroxyl groups excluding tert-OH is 1. The Morgan fingerprint density at radius 2 is 0.875 bits per heavy atom. The van der Waals surface area contributed by atoms with E-state index < -0.39 is 6.10 Å². The molecule has 0 aliphatic carbocycles. The summed E-state index contributed by atoms with van der Waals surface area (Å²) in [5, 5.41) is 10.9. The Balaban J connectivity index is 1.39. The van der Waals surface area contributed by atoms with Crippen molar-refractivity contribution in [2.75, 3.05) is 23.9 Å². The van der Waals surface area contributed by atoms with Crippen molar-refractivity contribution >= 4 is 11.4 Å². The third-order valence-electron chi connectivity index (χ3n) is 5.82. The molecule has 1 N–H and O–H groups in total. The van der Waals surface area contributed by atoms with Crippen molar-refractivity contribution in [3.8, 4) is 0 Å². The molecule has 0 aliphatic rings. The molecule has 0 aromatic heterocycles. The van der Waals surface area contributed by atoms with Crippen molar-refractivity contribution in [2.45, 2.75) is 19.2 Å². The summed E-state index contributed by atoms with van der Waals surface area (Å²) in [7, 11) is 4.17. The van der Waals surface area contributed by atoms with E-state index in [0.717, 1.165) is 35.6 Å². The van der Waals surface area contributed by atoms with Gasteiger partial charge in [-0.3, -0.25) is 0 Å². The van der Waals surface area contributed by atoms with Crippen molar-refractivity contribution in [1.29, 1.82) is 0 Å². The van der Waals surface area contributed by atoms with Gasteiger partial charge in [0, 0.05) is 38.6 Å². The smallest absolute Gasteiger partial charge is 0.104 e. The molecular formula is C29H30N2O. The second kappa shape index (κ2) is 10.2. The van der Waals surface area contributed by atoms with Gasteiger partial charge in [0.1, 0.15) is 6.10 Å². The molecule has 3 nitrogen and oxygen atoms in total. The highest BCUT2D eigenvalue weighted by Crippen LogP contribution is 2.27. The first-order chi connectivity index (χ1) is 15.6. The van der Waals surface area contributed by atoms with Crippen LogP contribution in [0.1, 0.15) is 28.4 Å². The minimum Gasteiger partial charge on any atom is -0.384 e. The monoisotopic (exact) mass is 422 g/mol. The van der Waals surface area contributed by atoms with Gasteiger partial charge in [-0.15, -0.1) is 0 Å². The van der Waals surface area contributed by atoms with E-state index in [1.54, 1.807) is 0 Å². The fraction of sp³-hybridized carbons (Fsp3) is 0.172. The lowest BCUT2D eigenvalue weighted by Crippen LogP contribution is -2.16. The molecule has 0 fully saturated rings. The van der Waals surface area contributed by atoms with Gasteiger partial charge < -0.3 is 14.9 Å². The predicted molar refractivity (Wildman–Crippen MR) is 134 cm³/mol. The first-order valence-electron chi connectivity index (χ1n) is 11.0. The van der Waals surface area contributed by atoms with E-state index in [0.29, 0.717) is 0 Å². The van der Waals surface area contributed by atoms with Crippen LogP contribution in [0.15, 0.2) is 109 Å². The molecule has 0 radical (unpaired) electrons. The Kier molecular flexibility index (Phi) is 6.88. The Morgan fingerprint density at radius 1 is 0.531 bits per heavy atom. The summed E-state index contributed by atoms with van der Waals surface area (Å²) >= 11 is 0. The molecule has 0 bridgehead atoms. The largest absolute Gasteiger partial charge is 0.384 e. The SMILES string of the molecule is CN(Cc1ccccc1)c1ccc(C(O)c2ccc(N(C)Cc3ccccc3)cc2)cc1. The molecule has 0 amide bonds. The maximum atomic E-state index is 10.9. The van der Waals surface area contributed by atoms with Crippen LogP contribution < -0.4 is 9.80 Å². The fourth-order valence-electron chi connectivity index (χ4n) is 3.91. The molecule has 0 heterocycles. The summed E-state index contributed by atoms with van der Waals surface area (Å²) in [6.45, 7) is 1.70. The standard InChI is InChI=1S/C29H30N2O/c1-30(21-23-9-5-3-6-10-23)27-17-13-25(14-18-27)29(32)26-15-19-28(20-16-26)31(2)22-24-11-7-4-8-12-24/h3-20,29,32H,21-22H2,1-2H3. The summed E-state index contributed by atoms with van der Waals surface area (Å²) < 4.78 is 0. The molecule has 4 aromatic carbocycles. The van der Waals surface area contributed by atoms with E-state index in [9.17, 15) is 5.11 Å². The minimum atomic E-state index is -0.642. The third kappa shape index (κ3) is 5.37. The number of benzene rings is 4. The number of anilines is 2. The average molecular weight is 423 g/mol. The second-order valence-electron chi connectivity index (χ2n) is 8.27. The molecular weight excluding hydrogens is 392 g/mol. The molecule has 0 saturated heterocycles. The van der Waals surface area contributed by atoms with Gasteiger partial charge in [-0.05, 0) is 46.5 Å². The van der Waals surface area contributed by atoms with Gasteiger partial charge in [0.15, 0.2) is 0 Å². The summed E-state index contributed by atoms with van der Waals surface area (Å²) in [5.74, 6) is 0. The molecule has 3 heteroatoms. The quantitative estimate of drug-likeness (QED) is 0.375. The first kappa shape index (κ1) is 21.7. The lowest BCUT2D eigenvalue weighted by atomic mass is 10.0. The van der Waals surface area contributed by atoms with Crippen LogP contribution in [0.4, 0.5) is 11.4 Å². The van der Waals surface area contributed by atoms with Crippen molar-refractivity contribution in [3.63, 3.8) is 0 Å². The van der Waals surface area contributed by atoms with E-state index >= 15 is 0 Å². The van der Waals surface area contributed by atoms with Crippen LogP contribution >= 0.6 is 0 Å². The van der Waals surface area contributed by atoms with E-state index in [-0.39, 0.29) is 0 Å². The number of rotatable bonds is 8. The van der Waals surface area contributed by atoms with Crippen LogP contribution in [0, 0.1) is 0 Å². The molecule has 4 aromatic rings. The molecule has 0 spiro atoms. The summed E-state index contributed by atoms with van der Waals surface area (Å²) in [6, 6.07) is 37.2. The molecule has 162 valence electrons. The van der Waals surface area contributed by atoms with Crippen LogP contribution in [-0.2, 0) is 13.1 Å². The van der Waals surface area contributed by atoms with Gasteiger partial charge in [-0.1, -0.05) is 84.9 Å². The molecule has 0 aliphatic heterocycles. The third-order valence-corrected chi connectivity index (χ3v) is 5.82. The zero-order chi connectivity index (χ0) is 22.3. The minimum absolute atomic E-state index is 0.642. The van der Waals surface area contributed by atoms with Gasteiger partial charge in [0.2, 0.25) is 0 Å². The Labute approximate surface area is 191 Å². The molecule has 0 atom stereocenters. The highest BCUT2D eigenvalue weighted by molar-refractivity contribution is 5.51. The summed E-state index contributed by atoms with van der Waals surface area (Å²) in [6.07, 6.45) is -0.642. The molecule has 0 unspecified atom stereocenters. The highest BCUT2D eigenvalue weighted by atomic mass is 16.3. The van der Waals surface area contributed by atoms with Gasteiger partial charge >= 0.3 is 0 Å². The molecule has 32 heavy (non-hydrogen) atoms. The van der Waals surface area contributed by atoms with Crippen LogP contribution in [0.25, 0.3) is 0 Å². The molecule has 4 rings (SSSR count). The van der Waals surface area contributed by atoms with Crippen molar-refractivity contribution < 1.29 is 5.11 Å². The lowest BCUT2D eigenvalue weighted by Gasteiger charge is -2.21. The predicted octanol–water partition coefficient (Wildman–Crippen LogP) is 6.04. The van der Waals surface area contributed by atoms with E-state index in [4.69, 9.17) is 0 Å². The van der Waals surface area contributed by atoms with Gasteiger partial charge in [-0.25, -0.2) is 0 Å². The van der Waals surface area contributed by atoms with Gasteiger partial charge in [0.25, 0.3) is 0 Å². The van der Waals surface area contributed by atoms with Gasteiger partial charge in [0.05, 0.1) is 0 Å². The van der Waals surface area contributed by atoms with Crippen molar-refractivity contribution in [2.24, 2.45) is 0 Å². The zero-order valence-corrected chi connectivity index (χ0v) is 18.7. The number of hydrogen-bond donors (Lipinski definition) is 1. The Morgan fingerprint density at radius 3 is 1.22 bits per heavy atom. The van der Waals surface area contributed by atoms with Crippen LogP contribution in [0.5, 0.6) is 0 Å². The maximum Gasteiger partial charge on any atom is 0.104 e. The summed E-state index contributed by atoms with van der Waals surface area (Å²) in [5.41, 5.74) is 6.60. The lowest BCUT2D eigenvalue weighted by molar-refractivity contribution is 0.220. The van der Waals surface area contributed by atoms with Crippen molar-refractivity contribution in [3.05, 3.63) is 131 Å². The van der Waals surface area contributed by atoms with Gasteiger partial charge in [-0.2, -0.15) is 0 Å². The van der Waals surface area contributed by atoms with Crippen LogP contribution in [0.3, 0.4) is 0 Å². The van der Waals surface area contributed by atoms with E-state index in [2.05, 4.69) is 96.7 Å². The van der Waals surface area contributed by atoms with Crippen LogP contribution in [0.2, 0.25) is 0 Å². The number of aliphatic hydroxyl groups is 1. The molecule has 0 saturated carbocycles. The van der Waals surface area contributed by atoms with Crippen LogP contribution in [-0.4, -0.2) is 19.2 Å². The maximum absolute atomic E-state index is 10.9. The average Bonchev–Trinajstić information content (AvgIpc) is 2.85. The van der Waals surface area contributed by atoms with E-state index in [1.807, 2.05) is 36.4 Å². The Hall–Kier alpha value is -3.56. The second-order valence-corrected chi connectivity index (χ2v) is 8.27. The zero-order valence-electron chi connectivity index (χ0n) is 18.7. The Bertz CT molecular complexity index is 1000. The number of nitrogens with zero attached hydrogens (tertiary/aromatic N) is 2. The summed E-state index contributed by atoms with van der Waals surface area (Å²) in [4.78, 5) is 4.42. The normalized spacial score (nSPS) is 10.9. The van der Waals surface area contributed by atoms with Crippen molar-refractivity contribution in [1.82, 2.24) is 0 Å².